The lowest BCUT2D eigenvalue weighted by molar-refractivity contribution is 0.475. The molecule has 114 valence electrons. The van der Waals surface area contributed by atoms with E-state index in [2.05, 4.69) is 21.4 Å². The van der Waals surface area contributed by atoms with Gasteiger partial charge in [-0.3, -0.25) is 4.99 Å². The van der Waals surface area contributed by atoms with Crippen LogP contribution in [0.4, 0.5) is 11.6 Å². The van der Waals surface area contributed by atoms with Gasteiger partial charge in [0.15, 0.2) is 0 Å². The van der Waals surface area contributed by atoms with E-state index in [1.54, 1.807) is 18.2 Å². The summed E-state index contributed by atoms with van der Waals surface area (Å²) in [7, 11) is 0. The van der Waals surface area contributed by atoms with Crippen LogP contribution in [0.25, 0.3) is 11.1 Å². The fraction of sp³-hybridized carbons (Fsp3) is 0.235. The molecule has 1 fully saturated rings. The molecule has 1 aromatic carbocycles. The Hall–Kier alpha value is -3.07. The smallest absolute Gasteiger partial charge is 0.144 e. The predicted molar refractivity (Wildman–Crippen MR) is 88.5 cm³/mol. The minimum absolute atomic E-state index is 0.141. The fourth-order valence-corrected chi connectivity index (χ4v) is 2.67. The molecule has 0 bridgehead atoms. The maximum Gasteiger partial charge on any atom is 0.144 e. The maximum absolute atomic E-state index is 9.80. The molecule has 0 radical (unpaired) electrons. The lowest BCUT2D eigenvalue weighted by Gasteiger charge is -2.16. The molecule has 0 atom stereocenters. The molecule has 1 saturated carbocycles. The number of hydrogen-bond acceptors (Lipinski definition) is 6. The van der Waals surface area contributed by atoms with Crippen molar-refractivity contribution in [1.82, 2.24) is 4.98 Å². The molecule has 0 saturated heterocycles. The van der Waals surface area contributed by atoms with Gasteiger partial charge in [-0.15, -0.1) is 0 Å². The Morgan fingerprint density at radius 2 is 2.09 bits per heavy atom. The number of benzene rings is 1. The van der Waals surface area contributed by atoms with E-state index in [1.165, 1.54) is 0 Å². The molecular weight excluding hydrogens is 290 g/mol. The number of pyridine rings is 1. The number of nitrogens with one attached hydrogen (secondary N) is 1. The van der Waals surface area contributed by atoms with Crippen LogP contribution in [0.15, 0.2) is 29.3 Å². The number of phenolic OH excluding ortho intramolecular Hbond substituents is 1. The molecule has 1 aliphatic heterocycles. The van der Waals surface area contributed by atoms with Crippen molar-refractivity contribution in [2.45, 2.75) is 18.9 Å². The molecule has 23 heavy (non-hydrogen) atoms. The summed E-state index contributed by atoms with van der Waals surface area (Å²) in [5.41, 5.74) is 9.50. The molecule has 6 nitrogen and oxygen atoms in total. The lowest BCUT2D eigenvalue weighted by Crippen LogP contribution is -2.12. The number of nitriles is 1. The first-order chi connectivity index (χ1) is 11.2. The van der Waals surface area contributed by atoms with E-state index in [0.717, 1.165) is 29.7 Å². The zero-order valence-corrected chi connectivity index (χ0v) is 12.4. The van der Waals surface area contributed by atoms with Crippen LogP contribution < -0.4 is 11.1 Å². The third-order valence-electron chi connectivity index (χ3n) is 3.99. The average molecular weight is 305 g/mol. The van der Waals surface area contributed by atoms with Crippen molar-refractivity contribution in [2.75, 3.05) is 17.6 Å². The SMILES string of the molecule is N#Cc1c(N)nc(NC2CC2)c(C2=NC2)c1-c1cccc(O)c1. The molecule has 2 aromatic rings. The van der Waals surface area contributed by atoms with Crippen LogP contribution in [0.1, 0.15) is 24.0 Å². The summed E-state index contributed by atoms with van der Waals surface area (Å²) < 4.78 is 0. The third-order valence-corrected chi connectivity index (χ3v) is 3.99. The summed E-state index contributed by atoms with van der Waals surface area (Å²) in [6.07, 6.45) is 2.21. The van der Waals surface area contributed by atoms with Crippen LogP contribution in [0.5, 0.6) is 5.75 Å². The van der Waals surface area contributed by atoms with E-state index in [9.17, 15) is 10.4 Å². The second kappa shape index (κ2) is 4.99. The van der Waals surface area contributed by atoms with Crippen molar-refractivity contribution >= 4 is 17.3 Å². The zero-order valence-electron chi connectivity index (χ0n) is 12.4. The highest BCUT2D eigenvalue weighted by atomic mass is 16.3. The first-order valence-electron chi connectivity index (χ1n) is 7.50. The third kappa shape index (κ3) is 2.46. The molecular formula is C17H15N5O. The molecule has 1 aliphatic carbocycles. The van der Waals surface area contributed by atoms with Gasteiger partial charge in [0.2, 0.25) is 0 Å². The quantitative estimate of drug-likeness (QED) is 0.803. The van der Waals surface area contributed by atoms with E-state index in [1.807, 2.05) is 6.07 Å². The fourth-order valence-electron chi connectivity index (χ4n) is 2.67. The molecule has 2 heterocycles. The molecule has 1 aromatic heterocycles. The molecule has 0 spiro atoms. The Morgan fingerprint density at radius 1 is 1.30 bits per heavy atom. The van der Waals surface area contributed by atoms with Crippen LogP contribution in [0.2, 0.25) is 0 Å². The van der Waals surface area contributed by atoms with Gasteiger partial charge in [0.25, 0.3) is 0 Å². The molecule has 2 aliphatic rings. The van der Waals surface area contributed by atoms with Crippen molar-refractivity contribution in [2.24, 2.45) is 4.99 Å². The number of phenols is 1. The van der Waals surface area contributed by atoms with E-state index in [0.29, 0.717) is 29.5 Å². The number of aromatic hydroxyl groups is 1. The number of nitrogens with two attached hydrogens (primary N) is 1. The molecule has 6 heteroatoms. The highest BCUT2D eigenvalue weighted by molar-refractivity contribution is 6.18. The van der Waals surface area contributed by atoms with Gasteiger partial charge in [-0.1, -0.05) is 12.1 Å². The number of aliphatic imine (C=N–C) groups is 1. The van der Waals surface area contributed by atoms with Gasteiger partial charge in [0.1, 0.15) is 29.0 Å². The van der Waals surface area contributed by atoms with Crippen LogP contribution in [-0.2, 0) is 0 Å². The summed E-state index contributed by atoms with van der Waals surface area (Å²) in [6.45, 7) is 0.641. The number of anilines is 2. The van der Waals surface area contributed by atoms with Crippen LogP contribution in [-0.4, -0.2) is 28.4 Å². The highest BCUT2D eigenvalue weighted by Crippen LogP contribution is 2.39. The molecule has 4 rings (SSSR count). The summed E-state index contributed by atoms with van der Waals surface area (Å²) in [6, 6.07) is 9.37. The van der Waals surface area contributed by atoms with E-state index in [-0.39, 0.29) is 11.6 Å². The standard InChI is InChI=1S/C17H15N5O/c18-7-12-14(9-2-1-3-11(23)6-9)15(13-8-20-13)17(22-16(12)19)21-10-4-5-10/h1-3,6,10,23H,4-5,8H2,(H3,19,21,22). The van der Waals surface area contributed by atoms with Gasteiger partial charge in [-0.05, 0) is 30.5 Å². The minimum atomic E-state index is 0.141. The normalized spacial score (nSPS) is 15.7. The average Bonchev–Trinajstić information content (AvgIpc) is 3.41. The topological polar surface area (TPSA) is 107 Å². The molecule has 0 unspecified atom stereocenters. The number of aromatic nitrogens is 1. The Morgan fingerprint density at radius 3 is 2.70 bits per heavy atom. The monoisotopic (exact) mass is 305 g/mol. The van der Waals surface area contributed by atoms with Gasteiger partial charge in [0, 0.05) is 17.2 Å². The second-order valence-electron chi connectivity index (χ2n) is 5.81. The minimum Gasteiger partial charge on any atom is -0.508 e. The summed E-state index contributed by atoms with van der Waals surface area (Å²) in [4.78, 5) is 8.69. The highest BCUT2D eigenvalue weighted by Gasteiger charge is 2.30. The number of nitrogens with zero attached hydrogens (tertiary/aromatic N) is 3. The van der Waals surface area contributed by atoms with Crippen molar-refractivity contribution in [3.05, 3.63) is 35.4 Å². The number of rotatable bonds is 4. The Bertz CT molecular complexity index is 877. The van der Waals surface area contributed by atoms with Gasteiger partial charge in [-0.2, -0.15) is 5.26 Å². The molecule has 0 amide bonds. The molecule has 4 N–H and O–H groups in total. The van der Waals surface area contributed by atoms with Crippen molar-refractivity contribution in [3.63, 3.8) is 0 Å². The van der Waals surface area contributed by atoms with E-state index in [4.69, 9.17) is 5.73 Å². The van der Waals surface area contributed by atoms with Crippen LogP contribution in [0, 0.1) is 11.3 Å². The second-order valence-corrected chi connectivity index (χ2v) is 5.81. The Balaban J connectivity index is 1.99. The van der Waals surface area contributed by atoms with Gasteiger partial charge in [0.05, 0.1) is 12.3 Å². The Kier molecular flexibility index (Phi) is 2.95. The predicted octanol–water partition coefficient (Wildman–Crippen LogP) is 2.29. The van der Waals surface area contributed by atoms with Crippen LogP contribution >= 0.6 is 0 Å². The van der Waals surface area contributed by atoms with Gasteiger partial charge in [-0.25, -0.2) is 4.98 Å². The van der Waals surface area contributed by atoms with E-state index < -0.39 is 0 Å². The number of nitrogen functional groups attached to an aromatic ring is 1. The van der Waals surface area contributed by atoms with Crippen molar-refractivity contribution in [3.8, 4) is 22.9 Å². The van der Waals surface area contributed by atoms with Crippen LogP contribution in [0.3, 0.4) is 0 Å². The summed E-state index contributed by atoms with van der Waals surface area (Å²) >= 11 is 0. The summed E-state index contributed by atoms with van der Waals surface area (Å²) in [5, 5.41) is 22.7. The summed E-state index contributed by atoms with van der Waals surface area (Å²) in [5.74, 6) is 1.01. The van der Waals surface area contributed by atoms with Crippen molar-refractivity contribution in [1.29, 1.82) is 5.26 Å². The first kappa shape index (κ1) is 13.6. The Labute approximate surface area is 133 Å². The van der Waals surface area contributed by atoms with Crippen molar-refractivity contribution < 1.29 is 5.11 Å². The van der Waals surface area contributed by atoms with E-state index >= 15 is 0 Å². The van der Waals surface area contributed by atoms with Gasteiger partial charge < -0.3 is 16.2 Å². The lowest BCUT2D eigenvalue weighted by atomic mass is 9.94. The first-order valence-corrected chi connectivity index (χ1v) is 7.50. The largest absolute Gasteiger partial charge is 0.508 e. The van der Waals surface area contributed by atoms with Gasteiger partial charge >= 0.3 is 0 Å². The number of hydrogen-bond donors (Lipinski definition) is 3. The zero-order chi connectivity index (χ0) is 16.0. The maximum atomic E-state index is 9.80.